The molecule has 1 atom stereocenters. The molecule has 1 aliphatic carbocycles. The smallest absolute Gasteiger partial charge is 0.191 e. The SMILES string of the molecule is CCNC(=NCCOC)NC1CCN(C2CCCC2)C1.I. The molecule has 0 aromatic carbocycles. The van der Waals surface area contributed by atoms with Gasteiger partial charge in [-0.2, -0.15) is 0 Å². The summed E-state index contributed by atoms with van der Waals surface area (Å²) in [5, 5.41) is 6.89. The summed E-state index contributed by atoms with van der Waals surface area (Å²) in [4.78, 5) is 7.21. The van der Waals surface area contributed by atoms with Crippen molar-refractivity contribution in [1.82, 2.24) is 15.5 Å². The molecule has 2 fully saturated rings. The number of nitrogens with one attached hydrogen (secondary N) is 2. The van der Waals surface area contributed by atoms with Crippen LogP contribution >= 0.6 is 24.0 Å². The fraction of sp³-hybridized carbons (Fsp3) is 0.933. The molecule has 1 unspecified atom stereocenters. The maximum Gasteiger partial charge on any atom is 0.191 e. The molecule has 6 heteroatoms. The number of aliphatic imine (C=N–C) groups is 1. The third-order valence-electron chi connectivity index (χ3n) is 4.31. The second-order valence-electron chi connectivity index (χ2n) is 5.82. The molecule has 2 rings (SSSR count). The van der Waals surface area contributed by atoms with Crippen LogP contribution in [0, 0.1) is 0 Å². The van der Waals surface area contributed by atoms with Crippen LogP contribution in [0.3, 0.4) is 0 Å². The molecular formula is C15H31IN4O. The molecule has 1 saturated heterocycles. The minimum atomic E-state index is 0. The van der Waals surface area contributed by atoms with Gasteiger partial charge in [0.15, 0.2) is 5.96 Å². The van der Waals surface area contributed by atoms with E-state index >= 15 is 0 Å². The summed E-state index contributed by atoms with van der Waals surface area (Å²) in [6.07, 6.45) is 6.86. The van der Waals surface area contributed by atoms with Crippen LogP contribution in [0.5, 0.6) is 0 Å². The Morgan fingerprint density at radius 2 is 2.05 bits per heavy atom. The standard InChI is InChI=1S/C15H30N4O.HI/c1-3-16-15(17-9-11-20-2)18-13-8-10-19(12-13)14-6-4-5-7-14;/h13-14H,3-12H2,1-2H3,(H2,16,17,18);1H. The van der Waals surface area contributed by atoms with Crippen LogP contribution in [-0.4, -0.2) is 62.8 Å². The number of hydrogen-bond donors (Lipinski definition) is 2. The van der Waals surface area contributed by atoms with Crippen molar-refractivity contribution in [3.63, 3.8) is 0 Å². The van der Waals surface area contributed by atoms with Crippen LogP contribution in [0.15, 0.2) is 4.99 Å². The van der Waals surface area contributed by atoms with E-state index in [9.17, 15) is 0 Å². The maximum atomic E-state index is 5.05. The lowest BCUT2D eigenvalue weighted by Crippen LogP contribution is -2.45. The van der Waals surface area contributed by atoms with Gasteiger partial charge in [0.1, 0.15) is 0 Å². The van der Waals surface area contributed by atoms with Crippen molar-refractivity contribution in [1.29, 1.82) is 0 Å². The second kappa shape index (κ2) is 10.6. The lowest BCUT2D eigenvalue weighted by Gasteiger charge is -2.24. The number of methoxy groups -OCH3 is 1. The van der Waals surface area contributed by atoms with Crippen LogP contribution in [0.2, 0.25) is 0 Å². The minimum absolute atomic E-state index is 0. The fourth-order valence-corrected chi connectivity index (χ4v) is 3.27. The average molecular weight is 410 g/mol. The highest BCUT2D eigenvalue weighted by molar-refractivity contribution is 14.0. The molecule has 21 heavy (non-hydrogen) atoms. The minimum Gasteiger partial charge on any atom is -0.383 e. The number of ether oxygens (including phenoxy) is 1. The fourth-order valence-electron chi connectivity index (χ4n) is 3.27. The Hall–Kier alpha value is -0.0800. The zero-order chi connectivity index (χ0) is 14.2. The number of rotatable bonds is 6. The molecule has 5 nitrogen and oxygen atoms in total. The number of guanidine groups is 1. The Kier molecular flexibility index (Phi) is 9.59. The molecule has 1 saturated carbocycles. The van der Waals surface area contributed by atoms with Crippen LogP contribution in [0.1, 0.15) is 39.0 Å². The number of halogens is 1. The first-order chi connectivity index (χ1) is 9.83. The van der Waals surface area contributed by atoms with E-state index in [1.807, 2.05) is 0 Å². The Balaban J connectivity index is 0.00000220. The van der Waals surface area contributed by atoms with Gasteiger partial charge < -0.3 is 15.4 Å². The zero-order valence-corrected chi connectivity index (χ0v) is 15.8. The second-order valence-corrected chi connectivity index (χ2v) is 5.82. The van der Waals surface area contributed by atoms with Gasteiger partial charge in [-0.3, -0.25) is 9.89 Å². The lowest BCUT2D eigenvalue weighted by molar-refractivity contribution is 0.207. The summed E-state index contributed by atoms with van der Waals surface area (Å²) >= 11 is 0. The summed E-state index contributed by atoms with van der Waals surface area (Å²) in [5.74, 6) is 0.933. The Bertz CT molecular complexity index is 308. The first kappa shape index (κ1) is 19.0. The first-order valence-corrected chi connectivity index (χ1v) is 8.11. The molecular weight excluding hydrogens is 379 g/mol. The molecule has 2 N–H and O–H groups in total. The van der Waals surface area contributed by atoms with Crippen LogP contribution < -0.4 is 10.6 Å². The van der Waals surface area contributed by atoms with E-state index in [2.05, 4.69) is 27.4 Å². The van der Waals surface area contributed by atoms with E-state index in [-0.39, 0.29) is 24.0 Å². The molecule has 0 bridgehead atoms. The molecule has 0 spiro atoms. The van der Waals surface area contributed by atoms with E-state index in [4.69, 9.17) is 4.74 Å². The van der Waals surface area contributed by atoms with Gasteiger partial charge in [0.2, 0.25) is 0 Å². The van der Waals surface area contributed by atoms with Crippen molar-refractivity contribution >= 4 is 29.9 Å². The van der Waals surface area contributed by atoms with Crippen LogP contribution in [0.4, 0.5) is 0 Å². The van der Waals surface area contributed by atoms with Crippen molar-refractivity contribution in [2.45, 2.75) is 51.1 Å². The lowest BCUT2D eigenvalue weighted by atomic mass is 10.2. The number of likely N-dealkylation sites (tertiary alicyclic amines) is 1. The third kappa shape index (κ3) is 6.28. The molecule has 124 valence electrons. The van der Waals surface area contributed by atoms with Crippen molar-refractivity contribution in [2.24, 2.45) is 4.99 Å². The molecule has 0 aromatic rings. The highest BCUT2D eigenvalue weighted by Crippen LogP contribution is 2.26. The average Bonchev–Trinajstić information content (AvgIpc) is 3.09. The van der Waals surface area contributed by atoms with Gasteiger partial charge in [0, 0.05) is 38.8 Å². The largest absolute Gasteiger partial charge is 0.383 e. The van der Waals surface area contributed by atoms with Crippen LogP contribution in [0.25, 0.3) is 0 Å². The van der Waals surface area contributed by atoms with Gasteiger partial charge in [-0.15, -0.1) is 24.0 Å². The van der Waals surface area contributed by atoms with Crippen molar-refractivity contribution in [3.05, 3.63) is 0 Å². The quantitative estimate of drug-likeness (QED) is 0.304. The van der Waals surface area contributed by atoms with Crippen molar-refractivity contribution < 1.29 is 4.74 Å². The van der Waals surface area contributed by atoms with Gasteiger partial charge in [-0.25, -0.2) is 0 Å². The molecule has 0 radical (unpaired) electrons. The molecule has 0 aromatic heterocycles. The summed E-state index contributed by atoms with van der Waals surface area (Å²) < 4.78 is 5.05. The normalized spacial score (nSPS) is 24.1. The molecule has 2 aliphatic rings. The monoisotopic (exact) mass is 410 g/mol. The number of nitrogens with zero attached hydrogens (tertiary/aromatic N) is 2. The van der Waals surface area contributed by atoms with Crippen LogP contribution in [-0.2, 0) is 4.74 Å². The Morgan fingerprint density at radius 1 is 1.29 bits per heavy atom. The molecule has 1 heterocycles. The molecule has 1 aliphatic heterocycles. The van der Waals surface area contributed by atoms with E-state index in [0.717, 1.165) is 18.5 Å². The Morgan fingerprint density at radius 3 is 2.71 bits per heavy atom. The Labute approximate surface area is 146 Å². The predicted molar refractivity (Wildman–Crippen MR) is 98.6 cm³/mol. The van der Waals surface area contributed by atoms with Gasteiger partial charge in [0.05, 0.1) is 13.2 Å². The van der Waals surface area contributed by atoms with E-state index < -0.39 is 0 Å². The van der Waals surface area contributed by atoms with Crippen molar-refractivity contribution in [3.8, 4) is 0 Å². The summed E-state index contributed by atoms with van der Waals surface area (Å²) in [6, 6.07) is 1.38. The summed E-state index contributed by atoms with van der Waals surface area (Å²) in [5.41, 5.74) is 0. The highest BCUT2D eigenvalue weighted by atomic mass is 127. The van der Waals surface area contributed by atoms with E-state index in [0.29, 0.717) is 19.2 Å². The molecule has 0 amide bonds. The maximum absolute atomic E-state index is 5.05. The van der Waals surface area contributed by atoms with Gasteiger partial charge in [-0.1, -0.05) is 12.8 Å². The van der Waals surface area contributed by atoms with Crippen molar-refractivity contribution in [2.75, 3.05) is 39.9 Å². The first-order valence-electron chi connectivity index (χ1n) is 8.11. The summed E-state index contributed by atoms with van der Waals surface area (Å²) in [6.45, 7) is 6.80. The number of hydrogen-bond acceptors (Lipinski definition) is 3. The zero-order valence-electron chi connectivity index (χ0n) is 13.4. The van der Waals surface area contributed by atoms with E-state index in [1.165, 1.54) is 45.2 Å². The third-order valence-corrected chi connectivity index (χ3v) is 4.31. The topological polar surface area (TPSA) is 48.9 Å². The summed E-state index contributed by atoms with van der Waals surface area (Å²) in [7, 11) is 1.71. The predicted octanol–water partition coefficient (Wildman–Crippen LogP) is 1.82. The van der Waals surface area contributed by atoms with Gasteiger partial charge in [-0.05, 0) is 26.2 Å². The van der Waals surface area contributed by atoms with Gasteiger partial charge >= 0.3 is 0 Å². The van der Waals surface area contributed by atoms with E-state index in [1.54, 1.807) is 7.11 Å². The van der Waals surface area contributed by atoms with Gasteiger partial charge in [0.25, 0.3) is 0 Å². The highest BCUT2D eigenvalue weighted by Gasteiger charge is 2.30.